The molecule has 0 aliphatic rings. The Kier molecular flexibility index (Phi) is 3.78. The largest absolute Gasteiger partial charge is 0.319 e. The van der Waals surface area contributed by atoms with Gasteiger partial charge in [0.05, 0.1) is 16.6 Å². The molecule has 0 bridgehead atoms. The van der Waals surface area contributed by atoms with Crippen LogP contribution in [0.3, 0.4) is 0 Å². The van der Waals surface area contributed by atoms with Crippen molar-refractivity contribution in [2.24, 2.45) is 5.73 Å². The van der Waals surface area contributed by atoms with Crippen LogP contribution in [0.1, 0.15) is 53.1 Å². The molecule has 0 radical (unpaired) electrons. The quantitative estimate of drug-likeness (QED) is 0.922. The van der Waals surface area contributed by atoms with E-state index in [1.54, 1.807) is 0 Å². The molecule has 0 aliphatic carbocycles. The number of aryl methyl sites for hydroxylation is 2. The zero-order chi connectivity index (χ0) is 13.3. The van der Waals surface area contributed by atoms with Gasteiger partial charge in [-0.2, -0.15) is 0 Å². The first-order chi connectivity index (χ1) is 8.50. The fraction of sp³-hybridized carbons (Fsp3) is 0.429. The van der Waals surface area contributed by atoms with Crippen molar-refractivity contribution in [1.82, 2.24) is 9.59 Å². The molecule has 1 aromatic carbocycles. The third-order valence-corrected chi connectivity index (χ3v) is 3.95. The lowest BCUT2D eigenvalue weighted by molar-refractivity contribution is 0.768. The predicted molar refractivity (Wildman–Crippen MR) is 75.9 cm³/mol. The summed E-state index contributed by atoms with van der Waals surface area (Å²) in [6.07, 6.45) is 0. The SMILES string of the molecule is Cc1ccc(C(N)c2snnc2C(C)C)c(C)c1. The van der Waals surface area contributed by atoms with E-state index >= 15 is 0 Å². The van der Waals surface area contributed by atoms with Crippen molar-refractivity contribution < 1.29 is 0 Å². The molecule has 0 saturated heterocycles. The fourth-order valence-electron chi connectivity index (χ4n) is 2.14. The zero-order valence-corrected chi connectivity index (χ0v) is 12.1. The molecule has 2 rings (SSSR count). The normalized spacial score (nSPS) is 13.0. The lowest BCUT2D eigenvalue weighted by atomic mass is 9.96. The summed E-state index contributed by atoms with van der Waals surface area (Å²) >= 11 is 1.41. The van der Waals surface area contributed by atoms with Gasteiger partial charge in [-0.1, -0.05) is 42.1 Å². The van der Waals surface area contributed by atoms with Gasteiger partial charge in [-0.3, -0.25) is 0 Å². The van der Waals surface area contributed by atoms with Crippen molar-refractivity contribution in [2.75, 3.05) is 0 Å². The minimum absolute atomic E-state index is 0.122. The summed E-state index contributed by atoms with van der Waals surface area (Å²) in [5.41, 5.74) is 11.0. The second kappa shape index (κ2) is 5.16. The van der Waals surface area contributed by atoms with Gasteiger partial charge < -0.3 is 5.73 Å². The molecule has 4 heteroatoms. The van der Waals surface area contributed by atoms with Crippen LogP contribution in [0.2, 0.25) is 0 Å². The van der Waals surface area contributed by atoms with Crippen LogP contribution < -0.4 is 5.73 Å². The van der Waals surface area contributed by atoms with Gasteiger partial charge in [0, 0.05) is 0 Å². The van der Waals surface area contributed by atoms with Crippen LogP contribution >= 0.6 is 11.5 Å². The van der Waals surface area contributed by atoms with Crippen LogP contribution in [0, 0.1) is 13.8 Å². The molecule has 0 spiro atoms. The van der Waals surface area contributed by atoms with Gasteiger partial charge in [-0.15, -0.1) is 5.10 Å². The molecule has 2 N–H and O–H groups in total. The van der Waals surface area contributed by atoms with E-state index in [2.05, 4.69) is 55.5 Å². The summed E-state index contributed by atoms with van der Waals surface area (Å²) in [6.45, 7) is 8.44. The Morgan fingerprint density at radius 1 is 1.22 bits per heavy atom. The minimum atomic E-state index is -0.122. The van der Waals surface area contributed by atoms with Crippen LogP contribution in [0.5, 0.6) is 0 Å². The Labute approximate surface area is 112 Å². The molecular formula is C14H19N3S. The highest BCUT2D eigenvalue weighted by Crippen LogP contribution is 2.30. The van der Waals surface area contributed by atoms with Crippen LogP contribution in [-0.2, 0) is 0 Å². The number of hydrogen-bond donors (Lipinski definition) is 1. The molecule has 1 aromatic heterocycles. The molecule has 0 amide bonds. The van der Waals surface area contributed by atoms with Crippen LogP contribution in [0.15, 0.2) is 18.2 Å². The maximum Gasteiger partial charge on any atom is 0.0832 e. The van der Waals surface area contributed by atoms with E-state index in [1.165, 1.54) is 22.7 Å². The minimum Gasteiger partial charge on any atom is -0.319 e. The Bertz CT molecular complexity index is 546. The molecule has 96 valence electrons. The van der Waals surface area contributed by atoms with E-state index in [0.717, 1.165) is 16.1 Å². The summed E-state index contributed by atoms with van der Waals surface area (Å²) in [6, 6.07) is 6.26. The van der Waals surface area contributed by atoms with Crippen molar-refractivity contribution in [3.63, 3.8) is 0 Å². The molecule has 0 saturated carbocycles. The Morgan fingerprint density at radius 2 is 1.94 bits per heavy atom. The van der Waals surface area contributed by atoms with Gasteiger partial charge in [0.1, 0.15) is 0 Å². The zero-order valence-electron chi connectivity index (χ0n) is 11.3. The predicted octanol–water partition coefficient (Wildman–Crippen LogP) is 3.33. The third kappa shape index (κ3) is 2.44. The van der Waals surface area contributed by atoms with Crippen molar-refractivity contribution in [3.05, 3.63) is 45.5 Å². The Morgan fingerprint density at radius 3 is 2.56 bits per heavy atom. The average molecular weight is 261 g/mol. The average Bonchev–Trinajstić information content (AvgIpc) is 2.77. The maximum absolute atomic E-state index is 6.38. The molecule has 0 fully saturated rings. The first-order valence-corrected chi connectivity index (χ1v) is 6.93. The van der Waals surface area contributed by atoms with Gasteiger partial charge in [0.15, 0.2) is 0 Å². The number of nitrogens with two attached hydrogens (primary N) is 1. The molecular weight excluding hydrogens is 242 g/mol. The van der Waals surface area contributed by atoms with Gasteiger partial charge in [-0.05, 0) is 42.4 Å². The molecule has 1 unspecified atom stereocenters. The lowest BCUT2D eigenvalue weighted by Gasteiger charge is -2.15. The van der Waals surface area contributed by atoms with E-state index in [1.807, 2.05) is 0 Å². The third-order valence-electron chi connectivity index (χ3n) is 3.13. The van der Waals surface area contributed by atoms with Crippen LogP contribution in [-0.4, -0.2) is 9.59 Å². The van der Waals surface area contributed by atoms with Crippen molar-refractivity contribution in [2.45, 2.75) is 39.7 Å². The molecule has 2 aromatic rings. The van der Waals surface area contributed by atoms with E-state index < -0.39 is 0 Å². The summed E-state index contributed by atoms with van der Waals surface area (Å²) in [5, 5.41) is 4.20. The number of rotatable bonds is 3. The first-order valence-electron chi connectivity index (χ1n) is 6.15. The monoisotopic (exact) mass is 261 g/mol. The van der Waals surface area contributed by atoms with E-state index in [4.69, 9.17) is 5.73 Å². The molecule has 3 nitrogen and oxygen atoms in total. The topological polar surface area (TPSA) is 51.8 Å². The second-order valence-electron chi connectivity index (χ2n) is 5.01. The molecule has 1 atom stereocenters. The van der Waals surface area contributed by atoms with Crippen LogP contribution in [0.25, 0.3) is 0 Å². The van der Waals surface area contributed by atoms with Gasteiger partial charge in [0.25, 0.3) is 0 Å². The number of aromatic nitrogens is 2. The molecule has 1 heterocycles. The summed E-state index contributed by atoms with van der Waals surface area (Å²) in [4.78, 5) is 1.08. The maximum atomic E-state index is 6.38. The smallest absolute Gasteiger partial charge is 0.0832 e. The Hall–Kier alpha value is -1.26. The fourth-order valence-corrected chi connectivity index (χ4v) is 2.96. The molecule has 0 aliphatic heterocycles. The lowest BCUT2D eigenvalue weighted by Crippen LogP contribution is -2.14. The summed E-state index contributed by atoms with van der Waals surface area (Å²) in [5.74, 6) is 0.357. The van der Waals surface area contributed by atoms with Crippen molar-refractivity contribution >= 4 is 11.5 Å². The van der Waals surface area contributed by atoms with Crippen molar-refractivity contribution in [1.29, 1.82) is 0 Å². The summed E-state index contributed by atoms with van der Waals surface area (Å²) in [7, 11) is 0. The summed E-state index contributed by atoms with van der Waals surface area (Å²) < 4.78 is 4.05. The first kappa shape index (κ1) is 13.2. The number of nitrogens with zero attached hydrogens (tertiary/aromatic N) is 2. The van der Waals surface area contributed by atoms with E-state index in [-0.39, 0.29) is 6.04 Å². The van der Waals surface area contributed by atoms with Crippen molar-refractivity contribution in [3.8, 4) is 0 Å². The van der Waals surface area contributed by atoms with E-state index in [0.29, 0.717) is 5.92 Å². The van der Waals surface area contributed by atoms with Gasteiger partial charge in [-0.25, -0.2) is 0 Å². The van der Waals surface area contributed by atoms with Gasteiger partial charge in [0.2, 0.25) is 0 Å². The molecule has 18 heavy (non-hydrogen) atoms. The van der Waals surface area contributed by atoms with Crippen LogP contribution in [0.4, 0.5) is 0 Å². The highest BCUT2D eigenvalue weighted by molar-refractivity contribution is 7.05. The second-order valence-corrected chi connectivity index (χ2v) is 5.80. The highest BCUT2D eigenvalue weighted by atomic mass is 32.1. The number of hydrogen-bond acceptors (Lipinski definition) is 4. The number of benzene rings is 1. The van der Waals surface area contributed by atoms with Gasteiger partial charge >= 0.3 is 0 Å². The Balaban J connectivity index is 2.41. The highest BCUT2D eigenvalue weighted by Gasteiger charge is 2.20. The van der Waals surface area contributed by atoms with E-state index in [9.17, 15) is 0 Å². The standard InChI is InChI=1S/C14H19N3S/c1-8(2)13-14(18-17-16-13)12(15)11-6-5-9(3)7-10(11)4/h5-8,12H,15H2,1-4H3.